The van der Waals surface area contributed by atoms with Crippen LogP contribution in [-0.2, 0) is 6.42 Å². The number of unbranched alkanes of at least 4 members (excludes halogenated alkanes) is 2. The Balaban J connectivity index is 0.00000225. The summed E-state index contributed by atoms with van der Waals surface area (Å²) in [6.07, 6.45) is 5.11. The molecule has 0 saturated carbocycles. The second kappa shape index (κ2) is 9.82. The highest BCUT2D eigenvalue weighted by molar-refractivity contribution is 8.93. The molecular formula is C13H22BrNO. The standard InChI is InChI=1S/C13H21NO.BrH/c14-13(9-5-2-6-10-15)11-12-7-3-1-4-8-12;/h1,3-4,7-8,13,15H,2,5-6,9-11,14H2;1H. The number of aliphatic hydroxyl groups is 1. The topological polar surface area (TPSA) is 46.2 Å². The fraction of sp³-hybridized carbons (Fsp3) is 0.538. The normalized spacial score (nSPS) is 11.9. The van der Waals surface area contributed by atoms with Gasteiger partial charge in [-0.3, -0.25) is 0 Å². The van der Waals surface area contributed by atoms with Crippen LogP contribution in [0, 0.1) is 0 Å². The smallest absolute Gasteiger partial charge is 0.0431 e. The zero-order valence-corrected chi connectivity index (χ0v) is 11.4. The molecule has 92 valence electrons. The van der Waals surface area contributed by atoms with Crippen molar-refractivity contribution in [2.24, 2.45) is 5.73 Å². The predicted molar refractivity (Wildman–Crippen MR) is 74.0 cm³/mol. The van der Waals surface area contributed by atoms with E-state index >= 15 is 0 Å². The minimum Gasteiger partial charge on any atom is -0.396 e. The molecule has 0 fully saturated rings. The highest BCUT2D eigenvalue weighted by atomic mass is 79.9. The lowest BCUT2D eigenvalue weighted by Gasteiger charge is -2.11. The Morgan fingerprint density at radius 2 is 1.75 bits per heavy atom. The fourth-order valence-corrected chi connectivity index (χ4v) is 1.71. The summed E-state index contributed by atoms with van der Waals surface area (Å²) in [4.78, 5) is 0. The maximum Gasteiger partial charge on any atom is 0.0431 e. The van der Waals surface area contributed by atoms with Crippen molar-refractivity contribution < 1.29 is 5.11 Å². The lowest BCUT2D eigenvalue weighted by Crippen LogP contribution is -2.22. The molecule has 1 atom stereocenters. The van der Waals surface area contributed by atoms with Crippen molar-refractivity contribution in [3.63, 3.8) is 0 Å². The summed E-state index contributed by atoms with van der Waals surface area (Å²) in [6.45, 7) is 0.300. The van der Waals surface area contributed by atoms with E-state index in [2.05, 4.69) is 12.1 Å². The van der Waals surface area contributed by atoms with E-state index in [0.29, 0.717) is 6.61 Å². The van der Waals surface area contributed by atoms with Gasteiger partial charge in [-0.15, -0.1) is 17.0 Å². The SMILES string of the molecule is Br.NC(CCCCCO)Cc1ccccc1. The molecule has 0 aliphatic heterocycles. The molecule has 0 amide bonds. The van der Waals surface area contributed by atoms with E-state index in [1.54, 1.807) is 0 Å². The van der Waals surface area contributed by atoms with Gasteiger partial charge in [0.1, 0.15) is 0 Å². The molecule has 1 aromatic rings. The number of rotatable bonds is 7. The Morgan fingerprint density at radius 1 is 1.06 bits per heavy atom. The Kier molecular flexibility index (Phi) is 9.59. The van der Waals surface area contributed by atoms with E-state index < -0.39 is 0 Å². The molecule has 3 N–H and O–H groups in total. The van der Waals surface area contributed by atoms with Crippen LogP contribution in [0.4, 0.5) is 0 Å². The number of hydrogen-bond acceptors (Lipinski definition) is 2. The number of nitrogens with two attached hydrogens (primary N) is 1. The Hall–Kier alpha value is -0.380. The molecule has 16 heavy (non-hydrogen) atoms. The van der Waals surface area contributed by atoms with Gasteiger partial charge in [-0.05, 0) is 24.8 Å². The molecule has 0 heterocycles. The predicted octanol–water partition coefficient (Wildman–Crippen LogP) is 2.69. The van der Waals surface area contributed by atoms with E-state index in [1.807, 2.05) is 18.2 Å². The molecule has 1 rings (SSSR count). The van der Waals surface area contributed by atoms with E-state index in [-0.39, 0.29) is 23.0 Å². The molecule has 1 unspecified atom stereocenters. The lowest BCUT2D eigenvalue weighted by molar-refractivity contribution is 0.282. The summed E-state index contributed by atoms with van der Waals surface area (Å²) in [6, 6.07) is 10.6. The highest BCUT2D eigenvalue weighted by Crippen LogP contribution is 2.07. The van der Waals surface area contributed by atoms with Crippen LogP contribution in [0.5, 0.6) is 0 Å². The van der Waals surface area contributed by atoms with Crippen molar-refractivity contribution in [3.8, 4) is 0 Å². The average Bonchev–Trinajstić information content (AvgIpc) is 2.26. The second-order valence-electron chi connectivity index (χ2n) is 4.02. The van der Waals surface area contributed by atoms with Crippen LogP contribution in [0.2, 0.25) is 0 Å². The lowest BCUT2D eigenvalue weighted by atomic mass is 10.0. The van der Waals surface area contributed by atoms with Gasteiger partial charge in [0.25, 0.3) is 0 Å². The number of hydrogen-bond donors (Lipinski definition) is 2. The van der Waals surface area contributed by atoms with Gasteiger partial charge in [-0.25, -0.2) is 0 Å². The average molecular weight is 288 g/mol. The Morgan fingerprint density at radius 3 is 2.38 bits per heavy atom. The third-order valence-electron chi connectivity index (χ3n) is 2.57. The molecule has 0 bridgehead atoms. The summed E-state index contributed by atoms with van der Waals surface area (Å²) in [5.74, 6) is 0. The van der Waals surface area contributed by atoms with Crippen molar-refractivity contribution in [3.05, 3.63) is 35.9 Å². The maximum absolute atomic E-state index is 8.64. The van der Waals surface area contributed by atoms with Crippen LogP contribution in [0.1, 0.15) is 31.2 Å². The van der Waals surface area contributed by atoms with Crippen LogP contribution in [0.15, 0.2) is 30.3 Å². The van der Waals surface area contributed by atoms with Crippen LogP contribution in [-0.4, -0.2) is 17.8 Å². The molecule has 0 aliphatic carbocycles. The summed E-state index contributed by atoms with van der Waals surface area (Å²) >= 11 is 0. The van der Waals surface area contributed by atoms with Crippen LogP contribution in [0.25, 0.3) is 0 Å². The van der Waals surface area contributed by atoms with Gasteiger partial charge in [0.15, 0.2) is 0 Å². The van der Waals surface area contributed by atoms with Gasteiger partial charge in [0.05, 0.1) is 0 Å². The minimum absolute atomic E-state index is 0. The van der Waals surface area contributed by atoms with Gasteiger partial charge >= 0.3 is 0 Å². The third kappa shape index (κ3) is 6.99. The van der Waals surface area contributed by atoms with Crippen molar-refractivity contribution in [2.75, 3.05) is 6.61 Å². The quantitative estimate of drug-likeness (QED) is 0.758. The second-order valence-corrected chi connectivity index (χ2v) is 4.02. The molecule has 0 radical (unpaired) electrons. The van der Waals surface area contributed by atoms with Crippen molar-refractivity contribution in [1.82, 2.24) is 0 Å². The van der Waals surface area contributed by atoms with Crippen molar-refractivity contribution in [1.29, 1.82) is 0 Å². The zero-order chi connectivity index (χ0) is 10.9. The van der Waals surface area contributed by atoms with Crippen LogP contribution >= 0.6 is 17.0 Å². The van der Waals surface area contributed by atoms with E-state index in [0.717, 1.165) is 32.1 Å². The first kappa shape index (κ1) is 15.6. The summed E-state index contributed by atoms with van der Waals surface area (Å²) in [7, 11) is 0. The largest absolute Gasteiger partial charge is 0.396 e. The zero-order valence-electron chi connectivity index (χ0n) is 9.64. The summed E-state index contributed by atoms with van der Waals surface area (Å²) in [5.41, 5.74) is 7.34. The number of halogens is 1. The first-order valence-electron chi connectivity index (χ1n) is 5.73. The molecular weight excluding hydrogens is 266 g/mol. The summed E-state index contributed by atoms with van der Waals surface area (Å²) in [5, 5.41) is 8.64. The maximum atomic E-state index is 8.64. The molecule has 1 aromatic carbocycles. The third-order valence-corrected chi connectivity index (χ3v) is 2.57. The molecule has 3 heteroatoms. The number of benzene rings is 1. The first-order chi connectivity index (χ1) is 7.33. The van der Waals surface area contributed by atoms with Gasteiger partial charge in [-0.2, -0.15) is 0 Å². The van der Waals surface area contributed by atoms with Crippen LogP contribution in [0.3, 0.4) is 0 Å². The molecule has 0 spiro atoms. The van der Waals surface area contributed by atoms with Gasteiger partial charge in [0.2, 0.25) is 0 Å². The van der Waals surface area contributed by atoms with Gasteiger partial charge in [0, 0.05) is 12.6 Å². The van der Waals surface area contributed by atoms with Crippen molar-refractivity contribution >= 4 is 17.0 Å². The Bertz CT molecular complexity index is 253. The molecule has 0 aromatic heterocycles. The van der Waals surface area contributed by atoms with Gasteiger partial charge < -0.3 is 10.8 Å². The van der Waals surface area contributed by atoms with Gasteiger partial charge in [-0.1, -0.05) is 43.2 Å². The van der Waals surface area contributed by atoms with Crippen LogP contribution < -0.4 is 5.73 Å². The van der Waals surface area contributed by atoms with E-state index in [9.17, 15) is 0 Å². The molecule has 0 saturated heterocycles. The minimum atomic E-state index is 0. The first-order valence-corrected chi connectivity index (χ1v) is 5.73. The Labute approximate surface area is 109 Å². The monoisotopic (exact) mass is 287 g/mol. The summed E-state index contributed by atoms with van der Waals surface area (Å²) < 4.78 is 0. The molecule has 0 aliphatic rings. The number of aliphatic hydroxyl groups excluding tert-OH is 1. The van der Waals surface area contributed by atoms with E-state index in [1.165, 1.54) is 5.56 Å². The van der Waals surface area contributed by atoms with E-state index in [4.69, 9.17) is 10.8 Å². The molecule has 2 nitrogen and oxygen atoms in total. The fourth-order valence-electron chi connectivity index (χ4n) is 1.71. The van der Waals surface area contributed by atoms with Crippen molar-refractivity contribution in [2.45, 2.75) is 38.1 Å². The highest BCUT2D eigenvalue weighted by Gasteiger charge is 2.03.